The molecule has 0 aliphatic rings. The molecule has 1 heterocycles. The molecule has 0 saturated heterocycles. The Morgan fingerprint density at radius 1 is 1.40 bits per heavy atom. The monoisotopic (exact) mass is 222 g/mol. The van der Waals surface area contributed by atoms with Gasteiger partial charge in [-0.25, -0.2) is 0 Å². The number of benzene rings is 1. The van der Waals surface area contributed by atoms with Crippen LogP contribution in [-0.4, -0.2) is 9.78 Å². The minimum Gasteiger partial charge on any atom is -0.272 e. The number of fused-ring (bicyclic) bond motifs is 1. The lowest BCUT2D eigenvalue weighted by Crippen LogP contribution is -2.01. The normalized spacial score (nSPS) is 11.5. The molecule has 80 valence electrons. The lowest BCUT2D eigenvalue weighted by atomic mass is 10.1. The van der Waals surface area contributed by atoms with E-state index in [4.69, 9.17) is 11.6 Å². The Morgan fingerprint density at radius 3 is 2.93 bits per heavy atom. The van der Waals surface area contributed by atoms with Gasteiger partial charge in [-0.3, -0.25) is 4.68 Å². The van der Waals surface area contributed by atoms with Crippen LogP contribution in [0.2, 0.25) is 5.02 Å². The molecule has 1 aromatic heterocycles. The summed E-state index contributed by atoms with van der Waals surface area (Å²) < 4.78 is 2.00. The molecule has 0 radical (unpaired) electrons. The molecule has 15 heavy (non-hydrogen) atoms. The van der Waals surface area contributed by atoms with Gasteiger partial charge in [0.2, 0.25) is 0 Å². The number of aryl methyl sites for hydroxylation is 1. The first kappa shape index (κ1) is 10.5. The van der Waals surface area contributed by atoms with E-state index in [-0.39, 0.29) is 0 Å². The van der Waals surface area contributed by atoms with Gasteiger partial charge in [0.15, 0.2) is 0 Å². The van der Waals surface area contributed by atoms with Gasteiger partial charge >= 0.3 is 0 Å². The SMILES string of the molecule is CC(C)CCn1cc2ccc(Cl)cc2n1. The second-order valence-electron chi connectivity index (χ2n) is 4.28. The van der Waals surface area contributed by atoms with E-state index >= 15 is 0 Å². The fraction of sp³-hybridized carbons (Fsp3) is 0.417. The summed E-state index contributed by atoms with van der Waals surface area (Å²) in [6.07, 6.45) is 3.23. The van der Waals surface area contributed by atoms with Crippen molar-refractivity contribution in [1.82, 2.24) is 9.78 Å². The predicted molar refractivity (Wildman–Crippen MR) is 64.2 cm³/mol. The summed E-state index contributed by atoms with van der Waals surface area (Å²) >= 11 is 5.91. The summed E-state index contributed by atoms with van der Waals surface area (Å²) in [7, 11) is 0. The second-order valence-corrected chi connectivity index (χ2v) is 4.71. The Labute approximate surface area is 94.8 Å². The largest absolute Gasteiger partial charge is 0.272 e. The quantitative estimate of drug-likeness (QED) is 0.774. The molecule has 0 bridgehead atoms. The molecule has 0 unspecified atom stereocenters. The van der Waals surface area contributed by atoms with Gasteiger partial charge in [0, 0.05) is 23.2 Å². The van der Waals surface area contributed by atoms with Crippen molar-refractivity contribution >= 4 is 22.5 Å². The van der Waals surface area contributed by atoms with E-state index in [9.17, 15) is 0 Å². The molecule has 0 aliphatic carbocycles. The summed E-state index contributed by atoms with van der Waals surface area (Å²) in [5.41, 5.74) is 0.978. The first-order valence-corrected chi connectivity index (χ1v) is 5.65. The molecule has 2 rings (SSSR count). The van der Waals surface area contributed by atoms with Crippen LogP contribution in [0.5, 0.6) is 0 Å². The van der Waals surface area contributed by atoms with Gasteiger partial charge in [-0.15, -0.1) is 0 Å². The van der Waals surface area contributed by atoms with Crippen LogP contribution in [0.1, 0.15) is 20.3 Å². The number of nitrogens with zero attached hydrogens (tertiary/aromatic N) is 2. The highest BCUT2D eigenvalue weighted by Crippen LogP contribution is 2.18. The highest BCUT2D eigenvalue weighted by atomic mass is 35.5. The Hall–Kier alpha value is -1.02. The van der Waals surface area contributed by atoms with Crippen LogP contribution in [0.25, 0.3) is 10.9 Å². The first-order chi connectivity index (χ1) is 7.15. The number of hydrogen-bond acceptors (Lipinski definition) is 1. The zero-order valence-electron chi connectivity index (χ0n) is 9.07. The van der Waals surface area contributed by atoms with Crippen molar-refractivity contribution in [3.05, 3.63) is 29.4 Å². The third-order valence-corrected chi connectivity index (χ3v) is 2.69. The van der Waals surface area contributed by atoms with Crippen molar-refractivity contribution in [3.63, 3.8) is 0 Å². The summed E-state index contributed by atoms with van der Waals surface area (Å²) in [5.74, 6) is 0.709. The third-order valence-electron chi connectivity index (χ3n) is 2.45. The van der Waals surface area contributed by atoms with Crippen LogP contribution >= 0.6 is 11.6 Å². The van der Waals surface area contributed by atoms with Gasteiger partial charge in [0.1, 0.15) is 0 Å². The summed E-state index contributed by atoms with van der Waals surface area (Å²) in [4.78, 5) is 0. The molecule has 0 amide bonds. The predicted octanol–water partition coefficient (Wildman–Crippen LogP) is 3.74. The van der Waals surface area contributed by atoms with E-state index in [1.807, 2.05) is 22.9 Å². The lowest BCUT2D eigenvalue weighted by molar-refractivity contribution is 0.489. The molecule has 0 N–H and O–H groups in total. The van der Waals surface area contributed by atoms with E-state index in [0.717, 1.165) is 28.9 Å². The average Bonchev–Trinajstić information content (AvgIpc) is 2.56. The standard InChI is InChI=1S/C12H15ClN2/c1-9(2)5-6-15-8-10-3-4-11(13)7-12(10)14-15/h3-4,7-9H,5-6H2,1-2H3. The summed E-state index contributed by atoms with van der Waals surface area (Å²) in [6.45, 7) is 5.42. The molecule has 0 atom stereocenters. The maximum atomic E-state index is 5.91. The van der Waals surface area contributed by atoms with Crippen molar-refractivity contribution in [2.45, 2.75) is 26.8 Å². The summed E-state index contributed by atoms with van der Waals surface area (Å²) in [6, 6.07) is 5.82. The second kappa shape index (κ2) is 4.23. The fourth-order valence-corrected chi connectivity index (χ4v) is 1.71. The maximum absolute atomic E-state index is 5.91. The molecule has 3 heteroatoms. The number of hydrogen-bond donors (Lipinski definition) is 0. The Balaban J connectivity index is 2.23. The van der Waals surface area contributed by atoms with E-state index in [2.05, 4.69) is 25.1 Å². The summed E-state index contributed by atoms with van der Waals surface area (Å²) in [5, 5.41) is 6.38. The van der Waals surface area contributed by atoms with E-state index in [1.165, 1.54) is 0 Å². The number of halogens is 1. The molecular formula is C12H15ClN2. The van der Waals surface area contributed by atoms with Crippen molar-refractivity contribution in [1.29, 1.82) is 0 Å². The molecule has 0 saturated carbocycles. The minimum atomic E-state index is 0.709. The molecule has 2 nitrogen and oxygen atoms in total. The van der Waals surface area contributed by atoms with Gasteiger partial charge < -0.3 is 0 Å². The van der Waals surface area contributed by atoms with Gasteiger partial charge in [-0.1, -0.05) is 25.4 Å². The topological polar surface area (TPSA) is 17.8 Å². The van der Waals surface area contributed by atoms with Crippen molar-refractivity contribution in [2.24, 2.45) is 5.92 Å². The third kappa shape index (κ3) is 2.51. The fourth-order valence-electron chi connectivity index (χ4n) is 1.55. The van der Waals surface area contributed by atoms with Crippen molar-refractivity contribution < 1.29 is 0 Å². The highest BCUT2D eigenvalue weighted by Gasteiger charge is 2.02. The molecule has 0 aliphatic heterocycles. The van der Waals surface area contributed by atoms with E-state index < -0.39 is 0 Å². The van der Waals surface area contributed by atoms with Crippen LogP contribution in [-0.2, 0) is 6.54 Å². The zero-order valence-corrected chi connectivity index (χ0v) is 9.83. The molecule has 0 spiro atoms. The first-order valence-electron chi connectivity index (χ1n) is 5.28. The smallest absolute Gasteiger partial charge is 0.0938 e. The molecule has 0 fully saturated rings. The van der Waals surface area contributed by atoms with Crippen molar-refractivity contribution in [3.8, 4) is 0 Å². The zero-order chi connectivity index (χ0) is 10.8. The Kier molecular flexibility index (Phi) is 2.96. The van der Waals surface area contributed by atoms with Gasteiger partial charge in [0.05, 0.1) is 5.52 Å². The number of aromatic nitrogens is 2. The molecule has 1 aromatic carbocycles. The Bertz CT molecular complexity index is 460. The minimum absolute atomic E-state index is 0.709. The van der Waals surface area contributed by atoms with Gasteiger partial charge in [-0.05, 0) is 30.5 Å². The molecular weight excluding hydrogens is 208 g/mol. The van der Waals surface area contributed by atoms with Crippen LogP contribution in [0.4, 0.5) is 0 Å². The van der Waals surface area contributed by atoms with E-state index in [1.54, 1.807) is 0 Å². The van der Waals surface area contributed by atoms with Crippen LogP contribution < -0.4 is 0 Å². The van der Waals surface area contributed by atoms with Crippen LogP contribution in [0, 0.1) is 5.92 Å². The van der Waals surface area contributed by atoms with Gasteiger partial charge in [-0.2, -0.15) is 5.10 Å². The number of rotatable bonds is 3. The lowest BCUT2D eigenvalue weighted by Gasteiger charge is -2.03. The average molecular weight is 223 g/mol. The van der Waals surface area contributed by atoms with Crippen LogP contribution in [0.15, 0.2) is 24.4 Å². The highest BCUT2D eigenvalue weighted by molar-refractivity contribution is 6.31. The Morgan fingerprint density at radius 2 is 2.20 bits per heavy atom. The molecule has 2 aromatic rings. The van der Waals surface area contributed by atoms with Crippen LogP contribution in [0.3, 0.4) is 0 Å². The van der Waals surface area contributed by atoms with Crippen molar-refractivity contribution in [2.75, 3.05) is 0 Å². The maximum Gasteiger partial charge on any atom is 0.0938 e. The van der Waals surface area contributed by atoms with E-state index in [0.29, 0.717) is 5.92 Å². The van der Waals surface area contributed by atoms with Gasteiger partial charge in [0.25, 0.3) is 0 Å².